The van der Waals surface area contributed by atoms with Crippen molar-refractivity contribution in [2.45, 2.75) is 64.4 Å². The van der Waals surface area contributed by atoms with Gasteiger partial charge >= 0.3 is 0 Å². The lowest BCUT2D eigenvalue weighted by Gasteiger charge is -2.29. The average Bonchev–Trinajstić information content (AvgIpc) is 2.40. The first-order valence-electron chi connectivity index (χ1n) is 7.70. The van der Waals surface area contributed by atoms with Gasteiger partial charge in [-0.1, -0.05) is 26.2 Å². The Bertz CT molecular complexity index is 201. The van der Waals surface area contributed by atoms with E-state index in [0.717, 1.165) is 18.4 Å². The van der Waals surface area contributed by atoms with Crippen LogP contribution in [-0.4, -0.2) is 25.8 Å². The van der Waals surface area contributed by atoms with Crippen LogP contribution in [0.5, 0.6) is 0 Å². The highest BCUT2D eigenvalue weighted by molar-refractivity contribution is 4.73. The maximum absolute atomic E-state index is 6.10. The summed E-state index contributed by atoms with van der Waals surface area (Å²) in [4.78, 5) is 0. The van der Waals surface area contributed by atoms with Crippen molar-refractivity contribution < 1.29 is 4.74 Å². The Morgan fingerprint density at radius 3 is 2.65 bits per heavy atom. The standard InChI is InChI=1S/C15H29NO/c1-2-13-4-3-5-15(12-13)17-11-8-14-6-9-16-10-7-14/h13-16H,2-12H2,1H3. The van der Waals surface area contributed by atoms with Crippen LogP contribution in [0.15, 0.2) is 0 Å². The molecule has 2 heteroatoms. The smallest absolute Gasteiger partial charge is 0.0577 e. The van der Waals surface area contributed by atoms with E-state index in [1.54, 1.807) is 0 Å². The highest BCUT2D eigenvalue weighted by atomic mass is 16.5. The molecule has 0 spiro atoms. The maximum atomic E-state index is 6.10. The molecule has 0 aromatic heterocycles. The molecule has 0 aromatic rings. The third-order valence-electron chi connectivity index (χ3n) is 4.65. The Morgan fingerprint density at radius 1 is 1.06 bits per heavy atom. The minimum atomic E-state index is 0.579. The predicted octanol–water partition coefficient (Wildman–Crippen LogP) is 3.36. The van der Waals surface area contributed by atoms with Gasteiger partial charge in [0.05, 0.1) is 6.10 Å². The molecule has 0 aromatic carbocycles. The SMILES string of the molecule is CCC1CCCC(OCCC2CCNCC2)C1. The summed E-state index contributed by atoms with van der Waals surface area (Å²) in [5, 5.41) is 3.43. The molecule has 100 valence electrons. The quantitative estimate of drug-likeness (QED) is 0.794. The second-order valence-electron chi connectivity index (χ2n) is 5.92. The third-order valence-corrected chi connectivity index (χ3v) is 4.65. The van der Waals surface area contributed by atoms with Crippen molar-refractivity contribution in [3.8, 4) is 0 Å². The lowest BCUT2D eigenvalue weighted by Crippen LogP contribution is -2.29. The van der Waals surface area contributed by atoms with Gasteiger partial charge in [-0.3, -0.25) is 0 Å². The molecule has 17 heavy (non-hydrogen) atoms. The van der Waals surface area contributed by atoms with Crippen LogP contribution >= 0.6 is 0 Å². The maximum Gasteiger partial charge on any atom is 0.0577 e. The summed E-state index contributed by atoms with van der Waals surface area (Å²) in [6.45, 7) is 5.76. The van der Waals surface area contributed by atoms with Crippen LogP contribution in [-0.2, 0) is 4.74 Å². The van der Waals surface area contributed by atoms with E-state index in [1.165, 1.54) is 64.5 Å². The van der Waals surface area contributed by atoms with Gasteiger partial charge in [0.15, 0.2) is 0 Å². The molecule has 2 nitrogen and oxygen atoms in total. The van der Waals surface area contributed by atoms with Crippen LogP contribution in [0.4, 0.5) is 0 Å². The Morgan fingerprint density at radius 2 is 1.88 bits per heavy atom. The van der Waals surface area contributed by atoms with Gasteiger partial charge in [0.25, 0.3) is 0 Å². The van der Waals surface area contributed by atoms with Gasteiger partial charge in [0, 0.05) is 6.61 Å². The Balaban J connectivity index is 1.57. The Hall–Kier alpha value is -0.0800. The van der Waals surface area contributed by atoms with E-state index in [1.807, 2.05) is 0 Å². The number of ether oxygens (including phenoxy) is 1. The van der Waals surface area contributed by atoms with Gasteiger partial charge < -0.3 is 10.1 Å². The molecule has 2 aliphatic rings. The fourth-order valence-corrected chi connectivity index (χ4v) is 3.34. The monoisotopic (exact) mass is 239 g/mol. The van der Waals surface area contributed by atoms with E-state index in [9.17, 15) is 0 Å². The molecular weight excluding hydrogens is 210 g/mol. The molecular formula is C15H29NO. The number of rotatable bonds is 5. The van der Waals surface area contributed by atoms with Crippen molar-refractivity contribution in [2.24, 2.45) is 11.8 Å². The second-order valence-corrected chi connectivity index (χ2v) is 5.92. The molecule has 2 rings (SSSR count). The summed E-state index contributed by atoms with van der Waals surface area (Å²) in [6.07, 6.45) is 11.4. The zero-order valence-electron chi connectivity index (χ0n) is 11.4. The third kappa shape index (κ3) is 4.59. The summed E-state index contributed by atoms with van der Waals surface area (Å²) in [7, 11) is 0. The zero-order chi connectivity index (χ0) is 11.9. The molecule has 1 N–H and O–H groups in total. The van der Waals surface area contributed by atoms with E-state index in [-0.39, 0.29) is 0 Å². The summed E-state index contributed by atoms with van der Waals surface area (Å²) in [6, 6.07) is 0. The Labute approximate surface area is 107 Å². The molecule has 0 bridgehead atoms. The van der Waals surface area contributed by atoms with Crippen LogP contribution < -0.4 is 5.32 Å². The van der Waals surface area contributed by atoms with Crippen LogP contribution in [0.1, 0.15) is 58.3 Å². The zero-order valence-corrected chi connectivity index (χ0v) is 11.4. The van der Waals surface area contributed by atoms with Crippen LogP contribution in [0, 0.1) is 11.8 Å². The lowest BCUT2D eigenvalue weighted by atomic mass is 9.85. The molecule has 2 unspecified atom stereocenters. The van der Waals surface area contributed by atoms with Gasteiger partial charge in [0.2, 0.25) is 0 Å². The normalized spacial score (nSPS) is 31.6. The number of hydrogen-bond donors (Lipinski definition) is 1. The second kappa shape index (κ2) is 7.38. The van der Waals surface area contributed by atoms with Gasteiger partial charge in [-0.15, -0.1) is 0 Å². The molecule has 0 radical (unpaired) electrons. The molecule has 1 heterocycles. The van der Waals surface area contributed by atoms with Crippen molar-refractivity contribution in [3.05, 3.63) is 0 Å². The Kier molecular flexibility index (Phi) is 5.79. The van der Waals surface area contributed by atoms with Gasteiger partial charge in [0.1, 0.15) is 0 Å². The minimum absolute atomic E-state index is 0.579. The van der Waals surface area contributed by atoms with Crippen molar-refractivity contribution in [2.75, 3.05) is 19.7 Å². The number of nitrogens with one attached hydrogen (secondary N) is 1. The van der Waals surface area contributed by atoms with Gasteiger partial charge in [-0.25, -0.2) is 0 Å². The molecule has 1 saturated heterocycles. The summed E-state index contributed by atoms with van der Waals surface area (Å²) >= 11 is 0. The molecule has 0 amide bonds. The van der Waals surface area contributed by atoms with E-state index in [2.05, 4.69) is 12.2 Å². The molecule has 2 fully saturated rings. The fraction of sp³-hybridized carbons (Fsp3) is 1.00. The van der Waals surface area contributed by atoms with Crippen molar-refractivity contribution in [1.82, 2.24) is 5.32 Å². The van der Waals surface area contributed by atoms with Crippen molar-refractivity contribution >= 4 is 0 Å². The fourth-order valence-electron chi connectivity index (χ4n) is 3.34. The summed E-state index contributed by atoms with van der Waals surface area (Å²) < 4.78 is 6.10. The molecule has 1 aliphatic heterocycles. The minimum Gasteiger partial charge on any atom is -0.378 e. The van der Waals surface area contributed by atoms with E-state index in [4.69, 9.17) is 4.74 Å². The molecule has 2 atom stereocenters. The predicted molar refractivity (Wildman–Crippen MR) is 72.2 cm³/mol. The first-order valence-corrected chi connectivity index (χ1v) is 7.70. The first kappa shape index (κ1) is 13.4. The average molecular weight is 239 g/mol. The number of piperidine rings is 1. The topological polar surface area (TPSA) is 21.3 Å². The first-order chi connectivity index (χ1) is 8.38. The number of hydrogen-bond acceptors (Lipinski definition) is 2. The van der Waals surface area contributed by atoms with Gasteiger partial charge in [-0.2, -0.15) is 0 Å². The lowest BCUT2D eigenvalue weighted by molar-refractivity contribution is 0.00497. The highest BCUT2D eigenvalue weighted by Crippen LogP contribution is 2.28. The van der Waals surface area contributed by atoms with Gasteiger partial charge in [-0.05, 0) is 57.0 Å². The molecule has 1 aliphatic carbocycles. The summed E-state index contributed by atoms with van der Waals surface area (Å²) in [5.41, 5.74) is 0. The van der Waals surface area contributed by atoms with Crippen LogP contribution in [0.25, 0.3) is 0 Å². The van der Waals surface area contributed by atoms with Crippen molar-refractivity contribution in [1.29, 1.82) is 0 Å². The summed E-state index contributed by atoms with van der Waals surface area (Å²) in [5.74, 6) is 1.86. The molecule has 1 saturated carbocycles. The van der Waals surface area contributed by atoms with E-state index < -0.39 is 0 Å². The van der Waals surface area contributed by atoms with Crippen LogP contribution in [0.2, 0.25) is 0 Å². The van der Waals surface area contributed by atoms with E-state index in [0.29, 0.717) is 6.10 Å². The largest absolute Gasteiger partial charge is 0.378 e. The highest BCUT2D eigenvalue weighted by Gasteiger charge is 2.21. The van der Waals surface area contributed by atoms with E-state index >= 15 is 0 Å². The van der Waals surface area contributed by atoms with Crippen molar-refractivity contribution in [3.63, 3.8) is 0 Å². The van der Waals surface area contributed by atoms with Crippen LogP contribution in [0.3, 0.4) is 0 Å².